The number of methoxy groups -OCH3 is 1. The Bertz CT molecular complexity index is 518. The topological polar surface area (TPSA) is 99.1 Å². The van der Waals surface area contributed by atoms with E-state index < -0.39 is 17.7 Å². The van der Waals surface area contributed by atoms with Crippen LogP contribution in [0.2, 0.25) is 0 Å². The van der Waals surface area contributed by atoms with Crippen molar-refractivity contribution in [1.29, 1.82) is 0 Å². The number of nitrogens with one attached hydrogen (secondary N) is 1. The van der Waals surface area contributed by atoms with Crippen LogP contribution in [-0.2, 0) is 4.74 Å². The highest BCUT2D eigenvalue weighted by Gasteiger charge is 2.20. The largest absolute Gasteiger partial charge is 0.505 e. The van der Waals surface area contributed by atoms with Gasteiger partial charge in [-0.3, -0.25) is 0 Å². The molecular weight excluding hydrogens is 276 g/mol. The Morgan fingerprint density at radius 1 is 1.43 bits per heavy atom. The molecule has 0 aliphatic heterocycles. The Labute approximate surface area is 123 Å². The van der Waals surface area contributed by atoms with E-state index in [-0.39, 0.29) is 17.3 Å². The number of carbonyl (C=O) groups is 2. The van der Waals surface area contributed by atoms with Crippen molar-refractivity contribution >= 4 is 17.7 Å². The summed E-state index contributed by atoms with van der Waals surface area (Å²) in [5.74, 6) is -1.72. The molecule has 0 aliphatic carbocycles. The summed E-state index contributed by atoms with van der Waals surface area (Å²) in [7, 11) is 1.55. The molecule has 0 aliphatic rings. The number of phenols is 1. The molecule has 1 aromatic rings. The predicted molar refractivity (Wildman–Crippen MR) is 77.8 cm³/mol. The predicted octanol–water partition coefficient (Wildman–Crippen LogP) is 1.98. The molecule has 0 spiro atoms. The molecule has 0 bridgehead atoms. The molecule has 0 heterocycles. The number of hydrogen-bond donors (Lipinski definition) is 3. The van der Waals surface area contributed by atoms with E-state index in [0.29, 0.717) is 13.2 Å². The summed E-state index contributed by atoms with van der Waals surface area (Å²) in [5.41, 5.74) is -0.205. The Kier molecular flexibility index (Phi) is 5.98. The third-order valence-corrected chi connectivity index (χ3v) is 3.05. The molecule has 1 aromatic carbocycles. The zero-order valence-electron chi connectivity index (χ0n) is 12.3. The van der Waals surface area contributed by atoms with E-state index in [1.807, 2.05) is 13.8 Å². The summed E-state index contributed by atoms with van der Waals surface area (Å²) < 4.78 is 5.01. The molecule has 7 nitrogen and oxygen atoms in total. The monoisotopic (exact) mass is 296 g/mol. The number of benzene rings is 1. The molecule has 1 unspecified atom stereocenters. The van der Waals surface area contributed by atoms with Gasteiger partial charge in [0.05, 0.1) is 18.3 Å². The molecule has 1 atom stereocenters. The number of aromatic carboxylic acids is 1. The first-order valence-corrected chi connectivity index (χ1v) is 6.54. The van der Waals surface area contributed by atoms with Crippen LogP contribution in [0, 0.1) is 0 Å². The maximum Gasteiger partial charge on any atom is 0.339 e. The first-order chi connectivity index (χ1) is 9.92. The summed E-state index contributed by atoms with van der Waals surface area (Å²) in [6, 6.07) is 3.57. The van der Waals surface area contributed by atoms with Gasteiger partial charge in [-0.25, -0.2) is 9.59 Å². The number of rotatable bonds is 6. The number of carbonyl (C=O) groups excluding carboxylic acids is 1. The number of para-hydroxylation sites is 1. The third-order valence-electron chi connectivity index (χ3n) is 3.05. The highest BCUT2D eigenvalue weighted by atomic mass is 16.5. The number of ether oxygens (including phenoxy) is 1. The van der Waals surface area contributed by atoms with E-state index in [2.05, 4.69) is 5.32 Å². The quantitative estimate of drug-likeness (QED) is 0.697. The maximum absolute atomic E-state index is 12.2. The summed E-state index contributed by atoms with van der Waals surface area (Å²) >= 11 is 0. The number of anilines is 1. The van der Waals surface area contributed by atoms with Crippen LogP contribution in [0.25, 0.3) is 0 Å². The lowest BCUT2D eigenvalue weighted by molar-refractivity contribution is 0.0693. The van der Waals surface area contributed by atoms with Crippen LogP contribution in [0.15, 0.2) is 18.2 Å². The summed E-state index contributed by atoms with van der Waals surface area (Å²) in [5, 5.41) is 21.3. The van der Waals surface area contributed by atoms with Crippen LogP contribution in [0.3, 0.4) is 0 Å². The van der Waals surface area contributed by atoms with Gasteiger partial charge in [-0.1, -0.05) is 6.07 Å². The van der Waals surface area contributed by atoms with E-state index in [1.54, 1.807) is 7.11 Å². The Morgan fingerprint density at radius 2 is 2.10 bits per heavy atom. The summed E-state index contributed by atoms with van der Waals surface area (Å²) in [6.07, 6.45) is 0. The molecular formula is C14H20N2O5. The Morgan fingerprint density at radius 3 is 2.62 bits per heavy atom. The highest BCUT2D eigenvalue weighted by molar-refractivity contribution is 5.97. The summed E-state index contributed by atoms with van der Waals surface area (Å²) in [6.45, 7) is 4.48. The third kappa shape index (κ3) is 4.09. The van der Waals surface area contributed by atoms with Crippen molar-refractivity contribution in [2.75, 3.05) is 25.6 Å². The van der Waals surface area contributed by atoms with Crippen molar-refractivity contribution in [3.8, 4) is 5.75 Å². The minimum absolute atomic E-state index is 0.0583. The van der Waals surface area contributed by atoms with Gasteiger partial charge in [-0.05, 0) is 26.0 Å². The van der Waals surface area contributed by atoms with E-state index >= 15 is 0 Å². The second kappa shape index (κ2) is 7.49. The normalized spacial score (nSPS) is 11.8. The van der Waals surface area contributed by atoms with E-state index in [9.17, 15) is 14.7 Å². The molecule has 2 amide bonds. The summed E-state index contributed by atoms with van der Waals surface area (Å²) in [4.78, 5) is 24.7. The number of carboxylic acids is 1. The van der Waals surface area contributed by atoms with Crippen LogP contribution in [-0.4, -0.2) is 53.4 Å². The molecule has 0 fully saturated rings. The SMILES string of the molecule is CCN(C(=O)Nc1cccc(C(=O)O)c1O)C(C)COC. The standard InChI is InChI=1S/C14H20N2O5/c1-4-16(9(2)8-21-3)14(20)15-11-7-5-6-10(12(11)17)13(18)19/h5-7,9,17H,4,8H2,1-3H3,(H,15,20)(H,18,19). The van der Waals surface area contributed by atoms with Crippen LogP contribution < -0.4 is 5.32 Å². The van der Waals surface area contributed by atoms with Gasteiger partial charge in [0.1, 0.15) is 5.56 Å². The molecule has 21 heavy (non-hydrogen) atoms. The van der Waals surface area contributed by atoms with E-state index in [4.69, 9.17) is 9.84 Å². The molecule has 3 N–H and O–H groups in total. The fourth-order valence-electron chi connectivity index (χ4n) is 1.99. The zero-order valence-corrected chi connectivity index (χ0v) is 12.3. The number of urea groups is 1. The molecule has 116 valence electrons. The van der Waals surface area contributed by atoms with E-state index in [1.165, 1.54) is 23.1 Å². The fraction of sp³-hybridized carbons (Fsp3) is 0.429. The number of likely N-dealkylation sites (N-methyl/N-ethyl adjacent to an activating group) is 1. The van der Waals surface area contributed by atoms with Gasteiger partial charge < -0.3 is 25.2 Å². The lowest BCUT2D eigenvalue weighted by Gasteiger charge is -2.27. The maximum atomic E-state index is 12.2. The van der Waals surface area contributed by atoms with Crippen molar-refractivity contribution in [2.45, 2.75) is 19.9 Å². The molecule has 1 rings (SSSR count). The van der Waals surface area contributed by atoms with Crippen molar-refractivity contribution in [3.05, 3.63) is 23.8 Å². The molecule has 0 saturated carbocycles. The molecule has 0 aromatic heterocycles. The number of carboxylic acid groups (broad SMARTS) is 1. The van der Waals surface area contributed by atoms with Crippen LogP contribution in [0.1, 0.15) is 24.2 Å². The van der Waals surface area contributed by atoms with Crippen LogP contribution in [0.4, 0.5) is 10.5 Å². The minimum atomic E-state index is -1.26. The zero-order chi connectivity index (χ0) is 16.0. The molecule has 0 saturated heterocycles. The average Bonchev–Trinajstić information content (AvgIpc) is 2.42. The average molecular weight is 296 g/mol. The van der Waals surface area contributed by atoms with Gasteiger partial charge in [0.15, 0.2) is 5.75 Å². The number of hydrogen-bond acceptors (Lipinski definition) is 4. The number of nitrogens with zero attached hydrogens (tertiary/aromatic N) is 1. The van der Waals surface area contributed by atoms with Crippen LogP contribution >= 0.6 is 0 Å². The van der Waals surface area contributed by atoms with Gasteiger partial charge in [0, 0.05) is 13.7 Å². The van der Waals surface area contributed by atoms with Crippen molar-refractivity contribution in [2.24, 2.45) is 0 Å². The van der Waals surface area contributed by atoms with Gasteiger partial charge in [0.2, 0.25) is 0 Å². The highest BCUT2D eigenvalue weighted by Crippen LogP contribution is 2.27. The lowest BCUT2D eigenvalue weighted by atomic mass is 10.1. The molecule has 0 radical (unpaired) electrons. The van der Waals surface area contributed by atoms with Gasteiger partial charge >= 0.3 is 12.0 Å². The smallest absolute Gasteiger partial charge is 0.339 e. The fourth-order valence-corrected chi connectivity index (χ4v) is 1.99. The van der Waals surface area contributed by atoms with Crippen molar-refractivity contribution in [1.82, 2.24) is 4.90 Å². The number of aromatic hydroxyl groups is 1. The van der Waals surface area contributed by atoms with Gasteiger partial charge in [-0.2, -0.15) is 0 Å². The second-order valence-corrected chi connectivity index (χ2v) is 4.53. The Hall–Kier alpha value is -2.28. The number of amides is 2. The second-order valence-electron chi connectivity index (χ2n) is 4.53. The van der Waals surface area contributed by atoms with Crippen LogP contribution in [0.5, 0.6) is 5.75 Å². The minimum Gasteiger partial charge on any atom is -0.505 e. The van der Waals surface area contributed by atoms with E-state index in [0.717, 1.165) is 0 Å². The van der Waals surface area contributed by atoms with Crippen molar-refractivity contribution < 1.29 is 24.5 Å². The lowest BCUT2D eigenvalue weighted by Crippen LogP contribution is -2.43. The first-order valence-electron chi connectivity index (χ1n) is 6.54. The van der Waals surface area contributed by atoms with Crippen molar-refractivity contribution in [3.63, 3.8) is 0 Å². The molecule has 7 heteroatoms. The first kappa shape index (κ1) is 16.8. The Balaban J connectivity index is 2.92. The van der Waals surface area contributed by atoms with Gasteiger partial charge in [0.25, 0.3) is 0 Å². The van der Waals surface area contributed by atoms with Gasteiger partial charge in [-0.15, -0.1) is 0 Å².